The highest BCUT2D eigenvalue weighted by Crippen LogP contribution is 2.30. The van der Waals surface area contributed by atoms with Crippen molar-refractivity contribution in [3.63, 3.8) is 0 Å². The number of benzene rings is 2. The van der Waals surface area contributed by atoms with Gasteiger partial charge in [0.1, 0.15) is 5.75 Å². The fourth-order valence-electron chi connectivity index (χ4n) is 2.91. The van der Waals surface area contributed by atoms with Crippen LogP contribution in [0.3, 0.4) is 0 Å². The quantitative estimate of drug-likeness (QED) is 0.690. The van der Waals surface area contributed by atoms with E-state index in [-0.39, 0.29) is 16.9 Å². The second kappa shape index (κ2) is 9.41. The number of hydrogen-bond acceptors (Lipinski definition) is 4. The van der Waals surface area contributed by atoms with Crippen LogP contribution in [0.25, 0.3) is 0 Å². The molecular formula is C22H30N2O4S. The van der Waals surface area contributed by atoms with Crippen molar-refractivity contribution in [1.29, 1.82) is 0 Å². The Labute approximate surface area is 173 Å². The molecule has 0 atom stereocenters. The molecule has 0 saturated carbocycles. The molecule has 0 aliphatic carbocycles. The van der Waals surface area contributed by atoms with Crippen LogP contribution in [0.5, 0.6) is 5.75 Å². The van der Waals surface area contributed by atoms with E-state index in [2.05, 4.69) is 5.32 Å². The van der Waals surface area contributed by atoms with Crippen LogP contribution in [0.4, 0.5) is 5.69 Å². The molecule has 0 spiro atoms. The Hall–Kier alpha value is -2.38. The first-order chi connectivity index (χ1) is 13.6. The SMILES string of the molecule is CCN(CC)S(=O)(=O)c1ccc(OC(C)C)c(NC(=O)c2ccc(C)c(C)c2)c1. The van der Waals surface area contributed by atoms with Crippen molar-refractivity contribution in [3.05, 3.63) is 53.1 Å². The van der Waals surface area contributed by atoms with Gasteiger partial charge >= 0.3 is 0 Å². The summed E-state index contributed by atoms with van der Waals surface area (Å²) in [7, 11) is -3.66. The number of rotatable bonds is 8. The Morgan fingerprint density at radius 1 is 1.03 bits per heavy atom. The molecule has 0 heterocycles. The number of nitrogens with zero attached hydrogens (tertiary/aromatic N) is 1. The third kappa shape index (κ3) is 5.36. The van der Waals surface area contributed by atoms with Crippen LogP contribution < -0.4 is 10.1 Å². The van der Waals surface area contributed by atoms with E-state index in [4.69, 9.17) is 4.74 Å². The lowest BCUT2D eigenvalue weighted by molar-refractivity contribution is 0.102. The molecule has 0 unspecified atom stereocenters. The molecule has 1 N–H and O–H groups in total. The largest absolute Gasteiger partial charge is 0.489 e. The van der Waals surface area contributed by atoms with Crippen molar-refractivity contribution in [2.75, 3.05) is 18.4 Å². The molecular weight excluding hydrogens is 388 g/mol. The van der Waals surface area contributed by atoms with Crippen LogP contribution in [-0.4, -0.2) is 37.8 Å². The Kier molecular flexibility index (Phi) is 7.43. The summed E-state index contributed by atoms with van der Waals surface area (Å²) in [6.45, 7) is 12.0. The van der Waals surface area contributed by atoms with Crippen molar-refractivity contribution in [2.45, 2.75) is 52.5 Å². The summed E-state index contributed by atoms with van der Waals surface area (Å²) in [5.41, 5.74) is 2.93. The summed E-state index contributed by atoms with van der Waals surface area (Å²) in [4.78, 5) is 12.9. The molecule has 2 rings (SSSR count). The number of sulfonamides is 1. The number of aryl methyl sites for hydroxylation is 2. The monoisotopic (exact) mass is 418 g/mol. The molecule has 0 bridgehead atoms. The molecule has 0 fully saturated rings. The molecule has 0 radical (unpaired) electrons. The summed E-state index contributed by atoms with van der Waals surface area (Å²) < 4.78 is 32.9. The minimum Gasteiger partial charge on any atom is -0.489 e. The lowest BCUT2D eigenvalue weighted by Gasteiger charge is -2.20. The van der Waals surface area contributed by atoms with Gasteiger partial charge in [-0.3, -0.25) is 4.79 Å². The van der Waals surface area contributed by atoms with Crippen LogP contribution in [0.1, 0.15) is 49.2 Å². The molecule has 2 aromatic rings. The summed E-state index contributed by atoms with van der Waals surface area (Å²) in [6.07, 6.45) is -0.127. The molecule has 0 saturated heterocycles. The molecule has 0 aromatic heterocycles. The standard InChI is InChI=1S/C22H30N2O4S/c1-7-24(8-2)29(26,27)19-11-12-21(28-15(3)4)20(14-19)23-22(25)18-10-9-16(5)17(6)13-18/h9-15H,7-8H2,1-6H3,(H,23,25). The fraction of sp³-hybridized carbons (Fsp3) is 0.409. The van der Waals surface area contributed by atoms with E-state index >= 15 is 0 Å². The number of carbonyl (C=O) groups excluding carboxylic acids is 1. The Morgan fingerprint density at radius 3 is 2.24 bits per heavy atom. The molecule has 158 valence electrons. The zero-order chi connectivity index (χ0) is 21.8. The van der Waals surface area contributed by atoms with Crippen LogP contribution in [-0.2, 0) is 10.0 Å². The molecule has 29 heavy (non-hydrogen) atoms. The van der Waals surface area contributed by atoms with E-state index in [0.29, 0.717) is 30.1 Å². The maximum atomic E-state index is 12.9. The highest BCUT2D eigenvalue weighted by molar-refractivity contribution is 7.89. The minimum absolute atomic E-state index is 0.118. The first kappa shape index (κ1) is 22.9. The maximum Gasteiger partial charge on any atom is 0.255 e. The predicted molar refractivity (Wildman–Crippen MR) is 116 cm³/mol. The molecule has 1 amide bonds. The number of anilines is 1. The highest BCUT2D eigenvalue weighted by atomic mass is 32.2. The van der Waals surface area contributed by atoms with Crippen molar-refractivity contribution < 1.29 is 17.9 Å². The summed E-state index contributed by atoms with van der Waals surface area (Å²) in [5, 5.41) is 2.82. The predicted octanol–water partition coefficient (Wildman–Crippen LogP) is 4.37. The lowest BCUT2D eigenvalue weighted by Crippen LogP contribution is -2.30. The van der Waals surface area contributed by atoms with E-state index in [1.807, 2.05) is 39.8 Å². The van der Waals surface area contributed by atoms with E-state index < -0.39 is 10.0 Å². The van der Waals surface area contributed by atoms with Crippen LogP contribution in [0.15, 0.2) is 41.3 Å². The van der Waals surface area contributed by atoms with Gasteiger partial charge in [0.15, 0.2) is 0 Å². The van der Waals surface area contributed by atoms with Crippen molar-refractivity contribution in [2.24, 2.45) is 0 Å². The lowest BCUT2D eigenvalue weighted by atomic mass is 10.1. The number of hydrogen-bond donors (Lipinski definition) is 1. The molecule has 6 nitrogen and oxygen atoms in total. The van der Waals surface area contributed by atoms with Gasteiger partial charge in [-0.15, -0.1) is 0 Å². The minimum atomic E-state index is -3.66. The topological polar surface area (TPSA) is 75.7 Å². The van der Waals surface area contributed by atoms with Gasteiger partial charge in [-0.05, 0) is 69.2 Å². The first-order valence-corrected chi connectivity index (χ1v) is 11.2. The Morgan fingerprint density at radius 2 is 1.69 bits per heavy atom. The third-order valence-electron chi connectivity index (χ3n) is 4.67. The van der Waals surface area contributed by atoms with Gasteiger partial charge < -0.3 is 10.1 Å². The summed E-state index contributed by atoms with van der Waals surface area (Å²) in [6, 6.07) is 10.0. The van der Waals surface area contributed by atoms with Gasteiger partial charge in [-0.2, -0.15) is 4.31 Å². The summed E-state index contributed by atoms with van der Waals surface area (Å²) >= 11 is 0. The molecule has 0 aliphatic rings. The zero-order valence-electron chi connectivity index (χ0n) is 17.9. The number of nitrogens with one attached hydrogen (secondary N) is 1. The maximum absolute atomic E-state index is 12.9. The average Bonchev–Trinajstić information content (AvgIpc) is 2.65. The van der Waals surface area contributed by atoms with E-state index in [0.717, 1.165) is 11.1 Å². The summed E-state index contributed by atoms with van der Waals surface area (Å²) in [5.74, 6) is 0.106. The van der Waals surface area contributed by atoms with Crippen molar-refractivity contribution in [3.8, 4) is 5.75 Å². The van der Waals surface area contributed by atoms with Gasteiger partial charge in [0.25, 0.3) is 5.91 Å². The number of ether oxygens (including phenoxy) is 1. The fourth-order valence-corrected chi connectivity index (χ4v) is 4.40. The van der Waals surface area contributed by atoms with Gasteiger partial charge in [0.05, 0.1) is 16.7 Å². The number of carbonyl (C=O) groups is 1. The van der Waals surface area contributed by atoms with Crippen LogP contribution in [0.2, 0.25) is 0 Å². The Bertz CT molecular complexity index is 980. The van der Waals surface area contributed by atoms with Gasteiger partial charge in [0.2, 0.25) is 10.0 Å². The van der Waals surface area contributed by atoms with E-state index in [1.165, 1.54) is 16.4 Å². The number of amides is 1. The van der Waals surface area contributed by atoms with Gasteiger partial charge in [-0.25, -0.2) is 8.42 Å². The van der Waals surface area contributed by atoms with E-state index in [1.54, 1.807) is 26.0 Å². The van der Waals surface area contributed by atoms with Gasteiger partial charge in [-0.1, -0.05) is 19.9 Å². The zero-order valence-corrected chi connectivity index (χ0v) is 18.8. The highest BCUT2D eigenvalue weighted by Gasteiger charge is 2.23. The first-order valence-electron chi connectivity index (χ1n) is 9.79. The third-order valence-corrected chi connectivity index (χ3v) is 6.72. The second-order valence-corrected chi connectivity index (χ2v) is 9.10. The molecule has 2 aromatic carbocycles. The Balaban J connectivity index is 2.46. The van der Waals surface area contributed by atoms with Crippen molar-refractivity contribution in [1.82, 2.24) is 4.31 Å². The smallest absolute Gasteiger partial charge is 0.255 e. The van der Waals surface area contributed by atoms with Gasteiger partial charge in [0, 0.05) is 18.7 Å². The molecule has 0 aliphatic heterocycles. The average molecular weight is 419 g/mol. The van der Waals surface area contributed by atoms with Crippen LogP contribution in [0, 0.1) is 13.8 Å². The van der Waals surface area contributed by atoms with E-state index in [9.17, 15) is 13.2 Å². The van der Waals surface area contributed by atoms with Crippen molar-refractivity contribution >= 4 is 21.6 Å². The molecule has 7 heteroatoms. The van der Waals surface area contributed by atoms with Crippen LogP contribution >= 0.6 is 0 Å². The second-order valence-electron chi connectivity index (χ2n) is 7.17. The normalized spacial score (nSPS) is 11.7.